The molecule has 0 heterocycles. The van der Waals surface area contributed by atoms with E-state index in [4.69, 9.17) is 9.47 Å². The molecule has 4 nitrogen and oxygen atoms in total. The Morgan fingerprint density at radius 1 is 0.576 bits per heavy atom. The standard InChI is InChI=1S/C29H38N2O2/c1-17-13-19(3)28(20(4)14-17)30-24(8)32-26-11-10-12-27(23(26)7)33-25(9)31-29-21(5)15-18(2)16-22(29)6/h10-16,24-25,30-31H,1-9H3/t24-,25?/m1/s1. The minimum atomic E-state index is -0.188. The van der Waals surface area contributed by atoms with Gasteiger partial charge in [-0.1, -0.05) is 41.5 Å². The lowest BCUT2D eigenvalue weighted by Gasteiger charge is -2.24. The van der Waals surface area contributed by atoms with E-state index in [-0.39, 0.29) is 12.5 Å². The molecule has 3 rings (SSSR count). The van der Waals surface area contributed by atoms with Gasteiger partial charge in [0.1, 0.15) is 11.5 Å². The molecule has 0 spiro atoms. The molecule has 0 amide bonds. The molecule has 176 valence electrons. The number of rotatable bonds is 8. The van der Waals surface area contributed by atoms with Crippen LogP contribution in [0.15, 0.2) is 42.5 Å². The van der Waals surface area contributed by atoms with Crippen molar-refractivity contribution in [3.05, 3.63) is 81.4 Å². The molecule has 2 atom stereocenters. The van der Waals surface area contributed by atoms with Crippen molar-refractivity contribution in [2.45, 2.75) is 74.8 Å². The summed E-state index contributed by atoms with van der Waals surface area (Å²) in [5.41, 5.74) is 10.6. The Morgan fingerprint density at radius 2 is 0.909 bits per heavy atom. The SMILES string of the molecule is Cc1cc(C)c(NC(C)Oc2cccc(O[C@H](C)Nc3c(C)cc(C)cc3C)c2C)c(C)c1. The van der Waals surface area contributed by atoms with Gasteiger partial charge in [-0.3, -0.25) is 0 Å². The summed E-state index contributed by atoms with van der Waals surface area (Å²) in [5, 5.41) is 7.03. The second-order valence-corrected chi connectivity index (χ2v) is 9.24. The number of hydrogen-bond acceptors (Lipinski definition) is 4. The van der Waals surface area contributed by atoms with Gasteiger partial charge in [-0.15, -0.1) is 0 Å². The molecule has 3 aromatic carbocycles. The molecule has 0 aliphatic carbocycles. The number of ether oxygens (including phenoxy) is 2. The van der Waals surface area contributed by atoms with Crippen molar-refractivity contribution in [3.8, 4) is 11.5 Å². The third-order valence-electron chi connectivity index (χ3n) is 5.89. The molecule has 0 fully saturated rings. The highest BCUT2D eigenvalue weighted by atomic mass is 16.5. The average Bonchev–Trinajstić information content (AvgIpc) is 2.70. The Balaban J connectivity index is 1.70. The van der Waals surface area contributed by atoms with Crippen molar-refractivity contribution in [2.24, 2.45) is 0 Å². The predicted molar refractivity (Wildman–Crippen MR) is 140 cm³/mol. The molecule has 0 saturated carbocycles. The van der Waals surface area contributed by atoms with Crippen LogP contribution in [0.1, 0.15) is 52.8 Å². The highest BCUT2D eigenvalue weighted by Gasteiger charge is 2.15. The molecule has 0 aliphatic heterocycles. The lowest BCUT2D eigenvalue weighted by Crippen LogP contribution is -2.25. The summed E-state index contributed by atoms with van der Waals surface area (Å²) in [6.07, 6.45) is -0.375. The maximum Gasteiger partial charge on any atom is 0.167 e. The molecule has 4 heteroatoms. The monoisotopic (exact) mass is 446 g/mol. The summed E-state index contributed by atoms with van der Waals surface area (Å²) in [6, 6.07) is 14.7. The van der Waals surface area contributed by atoms with E-state index in [9.17, 15) is 0 Å². The Labute approximate surface area is 199 Å². The first-order chi connectivity index (χ1) is 15.5. The van der Waals surface area contributed by atoms with Crippen LogP contribution in [-0.2, 0) is 0 Å². The Morgan fingerprint density at radius 3 is 1.24 bits per heavy atom. The molecule has 1 unspecified atom stereocenters. The van der Waals surface area contributed by atoms with E-state index in [0.29, 0.717) is 0 Å². The van der Waals surface area contributed by atoms with Crippen LogP contribution in [0, 0.1) is 48.5 Å². The fourth-order valence-electron chi connectivity index (χ4n) is 4.51. The molecule has 0 bridgehead atoms. The Kier molecular flexibility index (Phi) is 7.57. The van der Waals surface area contributed by atoms with E-state index in [1.807, 2.05) is 39.0 Å². The number of hydrogen-bond donors (Lipinski definition) is 2. The maximum atomic E-state index is 6.27. The van der Waals surface area contributed by atoms with Gasteiger partial charge < -0.3 is 20.1 Å². The summed E-state index contributed by atoms with van der Waals surface area (Å²) in [4.78, 5) is 0. The summed E-state index contributed by atoms with van der Waals surface area (Å²) >= 11 is 0. The summed E-state index contributed by atoms with van der Waals surface area (Å²) < 4.78 is 12.5. The minimum absolute atomic E-state index is 0.188. The number of benzene rings is 3. The molecule has 3 aromatic rings. The van der Waals surface area contributed by atoms with Crippen molar-refractivity contribution >= 4 is 11.4 Å². The summed E-state index contributed by atoms with van der Waals surface area (Å²) in [7, 11) is 0. The van der Waals surface area contributed by atoms with Crippen molar-refractivity contribution in [1.29, 1.82) is 0 Å². The minimum Gasteiger partial charge on any atom is -0.471 e. The predicted octanol–water partition coefficient (Wildman–Crippen LogP) is 7.52. The van der Waals surface area contributed by atoms with Gasteiger partial charge in [0.25, 0.3) is 0 Å². The zero-order valence-electron chi connectivity index (χ0n) is 21.5. The Hall–Kier alpha value is -3.14. The summed E-state index contributed by atoms with van der Waals surface area (Å²) in [5.74, 6) is 1.62. The fraction of sp³-hybridized carbons (Fsp3) is 0.379. The third-order valence-corrected chi connectivity index (χ3v) is 5.89. The summed E-state index contributed by atoms with van der Waals surface area (Å²) in [6.45, 7) is 18.8. The molecular formula is C29H38N2O2. The Bertz CT molecular complexity index is 1000. The van der Waals surface area contributed by atoms with Crippen LogP contribution in [0.3, 0.4) is 0 Å². The molecule has 0 aromatic heterocycles. The van der Waals surface area contributed by atoms with Crippen LogP contribution in [0.2, 0.25) is 0 Å². The van der Waals surface area contributed by atoms with Crippen LogP contribution in [0.25, 0.3) is 0 Å². The van der Waals surface area contributed by atoms with E-state index >= 15 is 0 Å². The topological polar surface area (TPSA) is 42.5 Å². The smallest absolute Gasteiger partial charge is 0.167 e. The lowest BCUT2D eigenvalue weighted by molar-refractivity contribution is 0.233. The third kappa shape index (κ3) is 6.01. The number of anilines is 2. The molecule has 0 aliphatic rings. The van der Waals surface area contributed by atoms with Crippen LogP contribution in [0.5, 0.6) is 11.5 Å². The first-order valence-corrected chi connectivity index (χ1v) is 11.7. The van der Waals surface area contributed by atoms with E-state index in [1.165, 1.54) is 33.4 Å². The first-order valence-electron chi connectivity index (χ1n) is 11.7. The number of aryl methyl sites for hydroxylation is 6. The van der Waals surface area contributed by atoms with Crippen LogP contribution in [-0.4, -0.2) is 12.5 Å². The normalized spacial score (nSPS) is 12.8. The second-order valence-electron chi connectivity index (χ2n) is 9.24. The van der Waals surface area contributed by atoms with Gasteiger partial charge in [0.15, 0.2) is 12.5 Å². The van der Waals surface area contributed by atoms with Crippen LogP contribution in [0.4, 0.5) is 11.4 Å². The molecule has 2 N–H and O–H groups in total. The van der Waals surface area contributed by atoms with Crippen LogP contribution >= 0.6 is 0 Å². The molecule has 0 radical (unpaired) electrons. The molecule has 33 heavy (non-hydrogen) atoms. The zero-order valence-corrected chi connectivity index (χ0v) is 21.5. The zero-order chi connectivity index (χ0) is 24.3. The van der Waals surface area contributed by atoms with E-state index in [2.05, 4.69) is 76.4 Å². The van der Waals surface area contributed by atoms with Gasteiger partial charge >= 0.3 is 0 Å². The van der Waals surface area contributed by atoms with Crippen molar-refractivity contribution in [1.82, 2.24) is 0 Å². The van der Waals surface area contributed by atoms with Crippen molar-refractivity contribution in [2.75, 3.05) is 10.6 Å². The van der Waals surface area contributed by atoms with Gasteiger partial charge in [-0.2, -0.15) is 0 Å². The van der Waals surface area contributed by atoms with Gasteiger partial charge in [0.2, 0.25) is 0 Å². The van der Waals surface area contributed by atoms with E-state index in [0.717, 1.165) is 28.4 Å². The van der Waals surface area contributed by atoms with E-state index < -0.39 is 0 Å². The average molecular weight is 447 g/mol. The molecular weight excluding hydrogens is 408 g/mol. The van der Waals surface area contributed by atoms with Crippen LogP contribution < -0.4 is 20.1 Å². The van der Waals surface area contributed by atoms with E-state index in [1.54, 1.807) is 0 Å². The maximum absolute atomic E-state index is 6.27. The fourth-order valence-corrected chi connectivity index (χ4v) is 4.51. The van der Waals surface area contributed by atoms with Gasteiger partial charge in [0, 0.05) is 16.9 Å². The second kappa shape index (κ2) is 10.2. The van der Waals surface area contributed by atoms with Gasteiger partial charge in [0.05, 0.1) is 0 Å². The van der Waals surface area contributed by atoms with Crippen molar-refractivity contribution < 1.29 is 9.47 Å². The van der Waals surface area contributed by atoms with Crippen molar-refractivity contribution in [3.63, 3.8) is 0 Å². The number of nitrogens with one attached hydrogen (secondary N) is 2. The van der Waals surface area contributed by atoms with Gasteiger partial charge in [-0.25, -0.2) is 0 Å². The first kappa shape index (κ1) is 24.5. The largest absolute Gasteiger partial charge is 0.471 e. The highest BCUT2D eigenvalue weighted by molar-refractivity contribution is 5.59. The lowest BCUT2D eigenvalue weighted by atomic mass is 10.1. The quantitative estimate of drug-likeness (QED) is 0.351. The van der Waals surface area contributed by atoms with Gasteiger partial charge in [-0.05, 0) is 96.7 Å². The highest BCUT2D eigenvalue weighted by Crippen LogP contribution is 2.31. The molecule has 0 saturated heterocycles.